The van der Waals surface area contributed by atoms with Gasteiger partial charge in [-0.1, -0.05) is 72.1 Å². The van der Waals surface area contributed by atoms with E-state index < -0.39 is 13.4 Å². The second-order valence-corrected chi connectivity index (χ2v) is 7.62. The lowest BCUT2D eigenvalue weighted by molar-refractivity contribution is -0.00782. The average molecular weight is 322 g/mol. The molecule has 0 fully saturated rings. The maximum Gasteiger partial charge on any atom is 0.470 e. The predicted molar refractivity (Wildman–Crippen MR) is 88.2 cm³/mol. The van der Waals surface area contributed by atoms with Crippen molar-refractivity contribution in [3.8, 4) is 0 Å². The van der Waals surface area contributed by atoms with Crippen molar-refractivity contribution >= 4 is 7.82 Å². The van der Waals surface area contributed by atoms with Crippen molar-refractivity contribution < 1.29 is 18.9 Å². The van der Waals surface area contributed by atoms with Crippen LogP contribution in [-0.2, 0) is 9.09 Å². The number of hydrogen-bond acceptors (Lipinski definition) is 2. The minimum atomic E-state index is -4.44. The van der Waals surface area contributed by atoms with Crippen molar-refractivity contribution in [3.05, 3.63) is 0 Å². The first-order valence-corrected chi connectivity index (χ1v) is 10.0. The Balaban J connectivity index is 4.50. The van der Waals surface area contributed by atoms with Gasteiger partial charge in [-0.2, -0.15) is 0 Å². The van der Waals surface area contributed by atoms with E-state index in [1.165, 1.54) is 19.3 Å². The first kappa shape index (κ1) is 21.1. The largest absolute Gasteiger partial charge is 0.470 e. The van der Waals surface area contributed by atoms with E-state index in [-0.39, 0.29) is 5.92 Å². The molecule has 0 aromatic heterocycles. The van der Waals surface area contributed by atoms with Crippen LogP contribution in [0.3, 0.4) is 0 Å². The molecule has 21 heavy (non-hydrogen) atoms. The first-order valence-electron chi connectivity index (χ1n) is 8.51. The smallest absolute Gasteiger partial charge is 0.303 e. The maximum absolute atomic E-state index is 11.3. The van der Waals surface area contributed by atoms with Gasteiger partial charge in [0.05, 0.1) is 5.60 Å². The number of phosphoric acid groups is 1. The van der Waals surface area contributed by atoms with Gasteiger partial charge >= 0.3 is 7.82 Å². The van der Waals surface area contributed by atoms with Crippen LogP contribution < -0.4 is 0 Å². The molecule has 0 radical (unpaired) electrons. The van der Waals surface area contributed by atoms with Crippen molar-refractivity contribution in [1.82, 2.24) is 0 Å². The number of rotatable bonds is 13. The fraction of sp³-hybridized carbons (Fsp3) is 1.00. The third-order valence-corrected chi connectivity index (χ3v) is 5.04. The minimum Gasteiger partial charge on any atom is -0.303 e. The van der Waals surface area contributed by atoms with E-state index >= 15 is 0 Å². The first-order chi connectivity index (χ1) is 9.75. The minimum absolute atomic E-state index is 0.156. The number of hydrogen-bond donors (Lipinski definition) is 2. The van der Waals surface area contributed by atoms with E-state index in [1.54, 1.807) is 0 Å². The molecule has 0 saturated carbocycles. The summed E-state index contributed by atoms with van der Waals surface area (Å²) in [5.41, 5.74) is -0.723. The fourth-order valence-electron chi connectivity index (χ4n) is 2.74. The summed E-state index contributed by atoms with van der Waals surface area (Å²) in [6.45, 7) is 8.25. The Labute approximate surface area is 130 Å². The second-order valence-electron chi connectivity index (χ2n) is 6.46. The lowest BCUT2D eigenvalue weighted by Gasteiger charge is -2.36. The molecule has 128 valence electrons. The monoisotopic (exact) mass is 322 g/mol. The molecule has 5 heteroatoms. The van der Waals surface area contributed by atoms with E-state index in [4.69, 9.17) is 4.52 Å². The number of phosphoric ester groups is 1. The molecule has 0 aromatic rings. The van der Waals surface area contributed by atoms with Crippen LogP contribution in [0.1, 0.15) is 91.9 Å². The molecule has 4 nitrogen and oxygen atoms in total. The maximum atomic E-state index is 11.3. The van der Waals surface area contributed by atoms with Crippen LogP contribution >= 0.6 is 7.82 Å². The molecule has 0 aliphatic heterocycles. The summed E-state index contributed by atoms with van der Waals surface area (Å²) in [6, 6.07) is 0. The third kappa shape index (κ3) is 10.5. The molecular formula is C16H35O4P. The van der Waals surface area contributed by atoms with Gasteiger partial charge in [0.2, 0.25) is 0 Å². The summed E-state index contributed by atoms with van der Waals surface area (Å²) in [6.07, 6.45) is 10.8. The molecule has 2 unspecified atom stereocenters. The van der Waals surface area contributed by atoms with Gasteiger partial charge in [0, 0.05) is 0 Å². The molecular weight excluding hydrogens is 287 g/mol. The fourth-order valence-corrected chi connectivity index (χ4v) is 3.55. The van der Waals surface area contributed by atoms with Gasteiger partial charge < -0.3 is 9.79 Å². The van der Waals surface area contributed by atoms with Crippen molar-refractivity contribution in [1.29, 1.82) is 0 Å². The number of unbranched alkanes of at least 4 members (excludes halogenated alkanes) is 6. The van der Waals surface area contributed by atoms with E-state index in [9.17, 15) is 14.4 Å². The summed E-state index contributed by atoms with van der Waals surface area (Å²) < 4.78 is 16.5. The Kier molecular flexibility index (Phi) is 10.8. The summed E-state index contributed by atoms with van der Waals surface area (Å²) in [5.74, 6) is 0.156. The summed E-state index contributed by atoms with van der Waals surface area (Å²) >= 11 is 0. The van der Waals surface area contributed by atoms with Crippen LogP contribution in [-0.4, -0.2) is 15.4 Å². The van der Waals surface area contributed by atoms with Crippen LogP contribution in [0, 0.1) is 5.92 Å². The standard InChI is InChI=1S/C16H35O4P/c1-5-7-9-11-13-15(3)16(4,20-21(17,18)19)14-12-10-8-6-2/h15H,5-14H2,1-4H3,(H2,17,18,19). The van der Waals surface area contributed by atoms with Crippen LogP contribution in [0.2, 0.25) is 0 Å². The summed E-state index contributed by atoms with van der Waals surface area (Å²) in [4.78, 5) is 18.4. The van der Waals surface area contributed by atoms with Crippen LogP contribution in [0.15, 0.2) is 0 Å². The molecule has 0 heterocycles. The molecule has 0 aliphatic rings. The Morgan fingerprint density at radius 3 is 2.00 bits per heavy atom. The Morgan fingerprint density at radius 2 is 1.52 bits per heavy atom. The van der Waals surface area contributed by atoms with E-state index in [1.807, 2.05) is 6.92 Å². The van der Waals surface area contributed by atoms with Crippen LogP contribution in [0.4, 0.5) is 0 Å². The van der Waals surface area contributed by atoms with Crippen LogP contribution in [0.5, 0.6) is 0 Å². The highest BCUT2D eigenvalue weighted by molar-refractivity contribution is 7.46. The summed E-state index contributed by atoms with van der Waals surface area (Å²) in [5, 5.41) is 0. The highest BCUT2D eigenvalue weighted by atomic mass is 31.2. The van der Waals surface area contributed by atoms with Crippen molar-refractivity contribution in [2.24, 2.45) is 5.92 Å². The second kappa shape index (κ2) is 10.8. The summed E-state index contributed by atoms with van der Waals surface area (Å²) in [7, 11) is -4.44. The zero-order valence-electron chi connectivity index (χ0n) is 14.3. The quantitative estimate of drug-likeness (QED) is 0.350. The van der Waals surface area contributed by atoms with Gasteiger partial charge in [-0.25, -0.2) is 4.57 Å². The lowest BCUT2D eigenvalue weighted by Crippen LogP contribution is -2.35. The van der Waals surface area contributed by atoms with Gasteiger partial charge in [-0.05, 0) is 25.7 Å². The molecule has 2 N–H and O–H groups in total. The molecule has 0 amide bonds. The molecule has 0 aromatic carbocycles. The Hall–Kier alpha value is 0.110. The van der Waals surface area contributed by atoms with Gasteiger partial charge in [0.25, 0.3) is 0 Å². The zero-order valence-corrected chi connectivity index (χ0v) is 15.2. The van der Waals surface area contributed by atoms with Gasteiger partial charge in [-0.15, -0.1) is 0 Å². The normalized spacial score (nSPS) is 16.7. The molecule has 0 spiro atoms. The molecule has 0 saturated heterocycles. The van der Waals surface area contributed by atoms with E-state index in [0.717, 1.165) is 38.5 Å². The average Bonchev–Trinajstić information content (AvgIpc) is 2.37. The van der Waals surface area contributed by atoms with Crippen molar-refractivity contribution in [2.45, 2.75) is 97.5 Å². The van der Waals surface area contributed by atoms with Crippen LogP contribution in [0.25, 0.3) is 0 Å². The zero-order chi connectivity index (χ0) is 16.4. The highest BCUT2D eigenvalue weighted by Crippen LogP contribution is 2.46. The molecule has 0 bridgehead atoms. The Bertz CT molecular complexity index is 303. The highest BCUT2D eigenvalue weighted by Gasteiger charge is 2.37. The predicted octanol–water partition coefficient (Wildman–Crippen LogP) is 5.43. The SMILES string of the molecule is CCCCCCC(C)C(C)(CCCCCC)OP(=O)(O)O. The van der Waals surface area contributed by atoms with Gasteiger partial charge in [0.15, 0.2) is 0 Å². The molecule has 2 atom stereocenters. The molecule has 0 aliphatic carbocycles. The van der Waals surface area contributed by atoms with Crippen molar-refractivity contribution in [2.75, 3.05) is 0 Å². The van der Waals surface area contributed by atoms with E-state index in [2.05, 4.69) is 20.8 Å². The molecule has 0 rings (SSSR count). The van der Waals surface area contributed by atoms with E-state index in [0.29, 0.717) is 6.42 Å². The van der Waals surface area contributed by atoms with Gasteiger partial charge in [0.1, 0.15) is 0 Å². The van der Waals surface area contributed by atoms with Crippen molar-refractivity contribution in [3.63, 3.8) is 0 Å². The third-order valence-electron chi connectivity index (χ3n) is 4.39. The lowest BCUT2D eigenvalue weighted by atomic mass is 9.82. The Morgan fingerprint density at radius 1 is 1.00 bits per heavy atom. The topological polar surface area (TPSA) is 66.8 Å². The van der Waals surface area contributed by atoms with Gasteiger partial charge in [-0.3, -0.25) is 4.52 Å².